The Balaban J connectivity index is 1.79. The van der Waals surface area contributed by atoms with Gasteiger partial charge in [-0.15, -0.1) is 11.3 Å². The molecule has 0 bridgehead atoms. The Kier molecular flexibility index (Phi) is 5.09. The molecule has 30 heavy (non-hydrogen) atoms. The molecule has 0 saturated carbocycles. The van der Waals surface area contributed by atoms with Crippen molar-refractivity contribution in [2.45, 2.75) is 27.7 Å². The largest absolute Gasteiger partial charge is 0.335 e. The van der Waals surface area contributed by atoms with Crippen LogP contribution in [0.25, 0.3) is 21.7 Å². The van der Waals surface area contributed by atoms with Crippen molar-refractivity contribution in [2.24, 2.45) is 0 Å². The molecule has 152 valence electrons. The molecular formula is C22H20N4O3S. The first kappa shape index (κ1) is 19.8. The van der Waals surface area contributed by atoms with Gasteiger partial charge in [0.25, 0.3) is 11.6 Å². The van der Waals surface area contributed by atoms with Crippen LogP contribution in [0, 0.1) is 20.8 Å². The lowest BCUT2D eigenvalue weighted by atomic mass is 10.1. The zero-order valence-corrected chi connectivity index (χ0v) is 17.8. The number of hydrogen-bond acceptors (Lipinski definition) is 6. The number of aromatic nitrogens is 2. The fourth-order valence-electron chi connectivity index (χ4n) is 3.22. The van der Waals surface area contributed by atoms with Crippen LogP contribution in [0.3, 0.4) is 0 Å². The van der Waals surface area contributed by atoms with Crippen molar-refractivity contribution in [3.63, 3.8) is 0 Å². The maximum atomic E-state index is 13.3. The second kappa shape index (κ2) is 7.72. The Morgan fingerprint density at radius 1 is 1.00 bits per heavy atom. The molecule has 8 heteroatoms. The number of benzene rings is 1. The second-order valence-corrected chi connectivity index (χ2v) is 8.39. The highest BCUT2D eigenvalue weighted by Crippen LogP contribution is 2.32. The van der Waals surface area contributed by atoms with Gasteiger partial charge in [-0.25, -0.2) is 4.98 Å². The van der Waals surface area contributed by atoms with E-state index in [-0.39, 0.29) is 11.8 Å². The van der Waals surface area contributed by atoms with Crippen LogP contribution in [-0.2, 0) is 4.79 Å². The number of fused-ring (bicyclic) bond motifs is 1. The van der Waals surface area contributed by atoms with Crippen molar-refractivity contribution in [2.75, 3.05) is 10.6 Å². The molecule has 0 atom stereocenters. The summed E-state index contributed by atoms with van der Waals surface area (Å²) in [6.07, 6.45) is 0. The third-order valence-corrected chi connectivity index (χ3v) is 5.61. The predicted octanol–water partition coefficient (Wildman–Crippen LogP) is 5.09. The lowest BCUT2D eigenvalue weighted by molar-refractivity contribution is -0.114. The SMILES string of the molecule is CC(=O)Nc1ccc(C)cc1NC(=O)c1cc(-c2ccc(C)s2)nc2onc(C)c12. The molecular weight excluding hydrogens is 400 g/mol. The number of rotatable bonds is 4. The van der Waals surface area contributed by atoms with Crippen LogP contribution in [0.5, 0.6) is 0 Å². The van der Waals surface area contributed by atoms with Crippen molar-refractivity contribution < 1.29 is 14.1 Å². The number of hydrogen-bond donors (Lipinski definition) is 2. The van der Waals surface area contributed by atoms with E-state index in [1.165, 1.54) is 6.92 Å². The van der Waals surface area contributed by atoms with Crippen LogP contribution in [0.4, 0.5) is 11.4 Å². The lowest BCUT2D eigenvalue weighted by Gasteiger charge is -2.13. The number of nitrogens with zero attached hydrogens (tertiary/aromatic N) is 2. The molecule has 7 nitrogen and oxygen atoms in total. The van der Waals surface area contributed by atoms with Gasteiger partial charge in [0.15, 0.2) is 0 Å². The van der Waals surface area contributed by atoms with Crippen molar-refractivity contribution in [3.8, 4) is 10.6 Å². The van der Waals surface area contributed by atoms with Crippen LogP contribution in [0.2, 0.25) is 0 Å². The van der Waals surface area contributed by atoms with E-state index >= 15 is 0 Å². The summed E-state index contributed by atoms with van der Waals surface area (Å²) in [4.78, 5) is 31.5. The number of aryl methyl sites for hydroxylation is 3. The minimum Gasteiger partial charge on any atom is -0.335 e. The molecule has 0 spiro atoms. The minimum atomic E-state index is -0.333. The maximum absolute atomic E-state index is 13.3. The van der Waals surface area contributed by atoms with E-state index in [1.807, 2.05) is 38.1 Å². The molecule has 2 N–H and O–H groups in total. The zero-order chi connectivity index (χ0) is 21.4. The molecule has 3 heterocycles. The van der Waals surface area contributed by atoms with Crippen molar-refractivity contribution >= 4 is 45.6 Å². The van der Waals surface area contributed by atoms with E-state index < -0.39 is 0 Å². The summed E-state index contributed by atoms with van der Waals surface area (Å²) < 4.78 is 5.36. The molecule has 0 aliphatic rings. The molecule has 4 aromatic rings. The van der Waals surface area contributed by atoms with Crippen molar-refractivity contribution in [1.82, 2.24) is 10.1 Å². The molecule has 0 radical (unpaired) electrons. The smallest absolute Gasteiger partial charge is 0.259 e. The second-order valence-electron chi connectivity index (χ2n) is 7.10. The van der Waals surface area contributed by atoms with E-state index in [9.17, 15) is 9.59 Å². The van der Waals surface area contributed by atoms with Gasteiger partial charge in [-0.3, -0.25) is 9.59 Å². The predicted molar refractivity (Wildman–Crippen MR) is 118 cm³/mol. The molecule has 2 amide bonds. The number of carbonyl (C=O) groups excluding carboxylic acids is 2. The first-order valence-corrected chi connectivity index (χ1v) is 10.2. The Bertz CT molecular complexity index is 1290. The van der Waals surface area contributed by atoms with Gasteiger partial charge in [-0.2, -0.15) is 0 Å². The Morgan fingerprint density at radius 3 is 2.50 bits per heavy atom. The minimum absolute atomic E-state index is 0.217. The van der Waals surface area contributed by atoms with Gasteiger partial charge in [-0.05, 0) is 56.7 Å². The van der Waals surface area contributed by atoms with Gasteiger partial charge in [0.05, 0.1) is 38.6 Å². The van der Waals surface area contributed by atoms with Crippen LogP contribution in [0.15, 0.2) is 40.9 Å². The van der Waals surface area contributed by atoms with Crippen molar-refractivity contribution in [3.05, 3.63) is 58.1 Å². The molecule has 0 aliphatic carbocycles. The monoisotopic (exact) mass is 420 g/mol. The van der Waals surface area contributed by atoms with E-state index in [4.69, 9.17) is 4.52 Å². The number of amides is 2. The fraction of sp³-hybridized carbons (Fsp3) is 0.182. The van der Waals surface area contributed by atoms with Gasteiger partial charge in [0.1, 0.15) is 0 Å². The number of nitrogens with one attached hydrogen (secondary N) is 2. The van der Waals surface area contributed by atoms with Crippen LogP contribution in [0.1, 0.15) is 33.4 Å². The average Bonchev–Trinajstić information content (AvgIpc) is 3.29. The molecule has 0 saturated heterocycles. The molecule has 0 aliphatic heterocycles. The fourth-order valence-corrected chi connectivity index (χ4v) is 4.05. The molecule has 4 rings (SSSR count). The summed E-state index contributed by atoms with van der Waals surface area (Å²) in [5.41, 5.74) is 3.96. The first-order valence-electron chi connectivity index (χ1n) is 9.35. The highest BCUT2D eigenvalue weighted by molar-refractivity contribution is 7.15. The summed E-state index contributed by atoms with van der Waals surface area (Å²) in [6, 6.07) is 11.2. The van der Waals surface area contributed by atoms with Gasteiger partial charge in [0.2, 0.25) is 5.91 Å². The number of thiophene rings is 1. The average molecular weight is 420 g/mol. The molecule has 3 aromatic heterocycles. The number of anilines is 2. The Hall–Kier alpha value is -3.52. The zero-order valence-electron chi connectivity index (χ0n) is 17.0. The third-order valence-electron chi connectivity index (χ3n) is 4.59. The van der Waals surface area contributed by atoms with E-state index in [0.717, 1.165) is 15.3 Å². The van der Waals surface area contributed by atoms with Crippen LogP contribution in [-0.4, -0.2) is 22.0 Å². The first-order chi connectivity index (χ1) is 14.3. The van der Waals surface area contributed by atoms with Crippen LogP contribution >= 0.6 is 11.3 Å². The summed E-state index contributed by atoms with van der Waals surface area (Å²) >= 11 is 1.59. The quantitative estimate of drug-likeness (QED) is 0.479. The molecule has 1 aromatic carbocycles. The van der Waals surface area contributed by atoms with E-state index in [0.29, 0.717) is 39.4 Å². The Labute approximate surface area is 177 Å². The highest BCUT2D eigenvalue weighted by Gasteiger charge is 2.21. The van der Waals surface area contributed by atoms with Crippen molar-refractivity contribution in [1.29, 1.82) is 0 Å². The topological polar surface area (TPSA) is 97.1 Å². The highest BCUT2D eigenvalue weighted by atomic mass is 32.1. The lowest BCUT2D eigenvalue weighted by Crippen LogP contribution is -2.16. The number of carbonyl (C=O) groups is 2. The summed E-state index contributed by atoms with van der Waals surface area (Å²) in [6.45, 7) is 7.13. The molecule has 0 unspecified atom stereocenters. The van der Waals surface area contributed by atoms with Gasteiger partial charge in [-0.1, -0.05) is 11.2 Å². The number of pyridine rings is 1. The normalized spacial score (nSPS) is 10.9. The summed E-state index contributed by atoms with van der Waals surface area (Å²) in [7, 11) is 0. The summed E-state index contributed by atoms with van der Waals surface area (Å²) in [5.74, 6) is -0.550. The standard InChI is InChI=1S/C22H20N4O3S/c1-11-5-7-16(23-14(4)27)17(9-11)24-21(28)15-10-18(19-8-6-12(2)30-19)25-22-20(15)13(3)26-29-22/h5-10H,1-4H3,(H,23,27)(H,24,28). The van der Waals surface area contributed by atoms with Crippen LogP contribution < -0.4 is 10.6 Å². The van der Waals surface area contributed by atoms with Gasteiger partial charge < -0.3 is 15.2 Å². The van der Waals surface area contributed by atoms with Gasteiger partial charge >= 0.3 is 0 Å². The third kappa shape index (κ3) is 3.81. The molecule has 0 fully saturated rings. The maximum Gasteiger partial charge on any atom is 0.259 e. The van der Waals surface area contributed by atoms with E-state index in [1.54, 1.807) is 30.4 Å². The Morgan fingerprint density at radius 2 is 1.80 bits per heavy atom. The summed E-state index contributed by atoms with van der Waals surface area (Å²) in [5, 5.41) is 10.2. The van der Waals surface area contributed by atoms with Gasteiger partial charge in [0, 0.05) is 11.8 Å². The van der Waals surface area contributed by atoms with E-state index in [2.05, 4.69) is 20.8 Å².